The van der Waals surface area contributed by atoms with E-state index in [1.807, 2.05) is 0 Å². The maximum Gasteiger partial charge on any atom is 0.329 e. The van der Waals surface area contributed by atoms with Gasteiger partial charge in [0.05, 0.1) is 7.11 Å². The molecule has 10 heavy (non-hydrogen) atoms. The zero-order chi connectivity index (χ0) is 7.40. The van der Waals surface area contributed by atoms with Crippen LogP contribution in [0.2, 0.25) is 0 Å². The molecule has 1 rings (SSSR count). The molecule has 58 valence electrons. The molecule has 4 heteroatoms. The van der Waals surface area contributed by atoms with Gasteiger partial charge < -0.3 is 4.74 Å². The Morgan fingerprint density at radius 3 is 2.60 bits per heavy atom. The number of carbonyl (C=O) groups excluding carboxylic acids is 1. The van der Waals surface area contributed by atoms with E-state index in [0.29, 0.717) is 0 Å². The van der Waals surface area contributed by atoms with E-state index in [4.69, 9.17) is 0 Å². The second kappa shape index (κ2) is 4.13. The molecule has 0 aromatic heterocycles. The van der Waals surface area contributed by atoms with E-state index < -0.39 is 0 Å². The van der Waals surface area contributed by atoms with Crippen molar-refractivity contribution in [2.45, 2.75) is 11.0 Å². The first kappa shape index (κ1) is 8.27. The number of esters is 1. The van der Waals surface area contributed by atoms with Crippen LogP contribution in [-0.2, 0) is 9.53 Å². The fourth-order valence-corrected chi connectivity index (χ4v) is 3.38. The first-order valence-electron chi connectivity index (χ1n) is 3.15. The van der Waals surface area contributed by atoms with Gasteiger partial charge in [-0.05, 0) is 17.9 Å². The fraction of sp³-hybridized carbons (Fsp3) is 0.833. The van der Waals surface area contributed by atoms with Gasteiger partial charge in [0.2, 0.25) is 0 Å². The second-order valence-corrected chi connectivity index (χ2v) is 4.67. The number of hydrogen-bond acceptors (Lipinski definition) is 4. The highest BCUT2D eigenvalue weighted by Crippen LogP contribution is 2.30. The molecule has 0 atom stereocenters. The third kappa shape index (κ3) is 2.09. The quantitative estimate of drug-likeness (QED) is 0.566. The molecular formula is C6H10O2S2. The molecule has 0 aromatic rings. The molecule has 1 fully saturated rings. The van der Waals surface area contributed by atoms with E-state index in [2.05, 4.69) is 4.74 Å². The minimum atomic E-state index is -0.0882. The van der Waals surface area contributed by atoms with Crippen LogP contribution in [0.4, 0.5) is 0 Å². The van der Waals surface area contributed by atoms with Crippen molar-refractivity contribution in [2.24, 2.45) is 0 Å². The van der Waals surface area contributed by atoms with Gasteiger partial charge in [0.15, 0.2) is 0 Å². The minimum absolute atomic E-state index is 0.0405. The van der Waals surface area contributed by atoms with Crippen molar-refractivity contribution in [3.63, 3.8) is 0 Å². The fourth-order valence-electron chi connectivity index (χ4n) is 0.720. The Hall–Kier alpha value is 0.170. The van der Waals surface area contributed by atoms with Gasteiger partial charge in [0.25, 0.3) is 0 Å². The molecular weight excluding hydrogens is 168 g/mol. The Bertz CT molecular complexity index is 121. The lowest BCUT2D eigenvalue weighted by atomic mass is 10.6. The van der Waals surface area contributed by atoms with E-state index >= 15 is 0 Å². The zero-order valence-corrected chi connectivity index (χ0v) is 7.46. The number of ether oxygens (including phenoxy) is 1. The number of carbonyl (C=O) groups is 1. The third-order valence-corrected chi connectivity index (χ3v) is 4.08. The smallest absolute Gasteiger partial charge is 0.329 e. The van der Waals surface area contributed by atoms with E-state index in [-0.39, 0.29) is 10.6 Å². The first-order valence-corrected chi connectivity index (χ1v) is 5.25. The van der Waals surface area contributed by atoms with Crippen LogP contribution in [0.25, 0.3) is 0 Å². The van der Waals surface area contributed by atoms with Crippen LogP contribution in [0.3, 0.4) is 0 Å². The van der Waals surface area contributed by atoms with Crippen molar-refractivity contribution < 1.29 is 9.53 Å². The van der Waals surface area contributed by atoms with Crippen molar-refractivity contribution in [1.82, 2.24) is 0 Å². The first-order chi connectivity index (χ1) is 4.84. The molecule has 0 radical (unpaired) electrons. The molecule has 1 heterocycles. The summed E-state index contributed by atoms with van der Waals surface area (Å²) in [5.74, 6) is 2.09. The Morgan fingerprint density at radius 2 is 2.10 bits per heavy atom. The van der Waals surface area contributed by atoms with Gasteiger partial charge in [-0.1, -0.05) is 0 Å². The Balaban J connectivity index is 2.31. The third-order valence-electron chi connectivity index (χ3n) is 1.22. The molecule has 2 nitrogen and oxygen atoms in total. The van der Waals surface area contributed by atoms with Crippen LogP contribution < -0.4 is 0 Å². The normalized spacial score (nSPS) is 20.5. The van der Waals surface area contributed by atoms with Crippen LogP contribution in [0.5, 0.6) is 0 Å². The van der Waals surface area contributed by atoms with Gasteiger partial charge >= 0.3 is 5.97 Å². The molecule has 0 amide bonds. The van der Waals surface area contributed by atoms with Gasteiger partial charge in [0, 0.05) is 0 Å². The summed E-state index contributed by atoms with van der Waals surface area (Å²) in [5.41, 5.74) is 0. The summed E-state index contributed by atoms with van der Waals surface area (Å²) in [5, 5.41) is 0. The van der Waals surface area contributed by atoms with Crippen LogP contribution in [0.1, 0.15) is 6.42 Å². The summed E-state index contributed by atoms with van der Waals surface area (Å²) in [7, 11) is 1.44. The summed E-state index contributed by atoms with van der Waals surface area (Å²) in [6.45, 7) is 0. The Morgan fingerprint density at radius 1 is 1.50 bits per heavy atom. The zero-order valence-electron chi connectivity index (χ0n) is 5.83. The van der Waals surface area contributed by atoms with E-state index in [9.17, 15) is 4.79 Å². The Kier molecular flexibility index (Phi) is 3.42. The van der Waals surface area contributed by atoms with E-state index in [1.54, 1.807) is 23.5 Å². The topological polar surface area (TPSA) is 26.3 Å². The van der Waals surface area contributed by atoms with Crippen molar-refractivity contribution >= 4 is 29.5 Å². The molecule has 0 aliphatic carbocycles. The number of methoxy groups -OCH3 is 1. The summed E-state index contributed by atoms with van der Waals surface area (Å²) >= 11 is 3.37. The standard InChI is InChI=1S/C6H10O2S2/c1-8-5(7)6-9-3-2-4-10-6/h6H,2-4H2,1H3. The molecule has 0 aromatic carbocycles. The van der Waals surface area contributed by atoms with Gasteiger partial charge in [0.1, 0.15) is 4.58 Å². The lowest BCUT2D eigenvalue weighted by Gasteiger charge is -2.17. The van der Waals surface area contributed by atoms with Crippen molar-refractivity contribution in [3.05, 3.63) is 0 Å². The number of hydrogen-bond donors (Lipinski definition) is 0. The van der Waals surface area contributed by atoms with E-state index in [1.165, 1.54) is 13.5 Å². The highest BCUT2D eigenvalue weighted by molar-refractivity contribution is 8.18. The largest absolute Gasteiger partial charge is 0.468 e. The van der Waals surface area contributed by atoms with Gasteiger partial charge in [-0.15, -0.1) is 23.5 Å². The number of rotatable bonds is 1. The molecule has 1 aliphatic rings. The summed E-state index contributed by atoms with van der Waals surface area (Å²) < 4.78 is 4.65. The lowest BCUT2D eigenvalue weighted by molar-refractivity contribution is -0.138. The SMILES string of the molecule is COC(=O)C1SCCCS1. The van der Waals surface area contributed by atoms with Gasteiger partial charge in [-0.3, -0.25) is 0 Å². The molecule has 1 saturated heterocycles. The van der Waals surface area contributed by atoms with Crippen LogP contribution in [0, 0.1) is 0 Å². The number of thioether (sulfide) groups is 2. The van der Waals surface area contributed by atoms with Crippen molar-refractivity contribution in [1.29, 1.82) is 0 Å². The lowest BCUT2D eigenvalue weighted by Crippen LogP contribution is -2.19. The summed E-state index contributed by atoms with van der Waals surface area (Å²) in [6.07, 6.45) is 1.21. The molecule has 1 aliphatic heterocycles. The highest BCUT2D eigenvalue weighted by atomic mass is 32.2. The molecule has 0 bridgehead atoms. The highest BCUT2D eigenvalue weighted by Gasteiger charge is 2.22. The van der Waals surface area contributed by atoms with Crippen molar-refractivity contribution in [2.75, 3.05) is 18.6 Å². The molecule has 0 spiro atoms. The average molecular weight is 178 g/mol. The van der Waals surface area contributed by atoms with Crippen LogP contribution in [0.15, 0.2) is 0 Å². The van der Waals surface area contributed by atoms with Crippen molar-refractivity contribution in [3.8, 4) is 0 Å². The van der Waals surface area contributed by atoms with Gasteiger partial charge in [-0.2, -0.15) is 0 Å². The average Bonchev–Trinajstić information content (AvgIpc) is 2.05. The van der Waals surface area contributed by atoms with Crippen LogP contribution >= 0.6 is 23.5 Å². The molecule has 0 N–H and O–H groups in total. The monoisotopic (exact) mass is 178 g/mol. The molecule has 0 unspecified atom stereocenters. The summed E-state index contributed by atoms with van der Waals surface area (Å²) in [6, 6.07) is 0. The van der Waals surface area contributed by atoms with Gasteiger partial charge in [-0.25, -0.2) is 4.79 Å². The second-order valence-electron chi connectivity index (χ2n) is 1.95. The van der Waals surface area contributed by atoms with E-state index in [0.717, 1.165) is 11.5 Å². The minimum Gasteiger partial charge on any atom is -0.468 e. The maximum absolute atomic E-state index is 10.9. The summed E-state index contributed by atoms with van der Waals surface area (Å²) in [4.78, 5) is 10.9. The maximum atomic E-state index is 10.9. The molecule has 0 saturated carbocycles. The van der Waals surface area contributed by atoms with Crippen LogP contribution in [-0.4, -0.2) is 29.2 Å². The Labute approximate surface area is 69.1 Å². The predicted molar refractivity (Wildman–Crippen MR) is 45.3 cm³/mol. The predicted octanol–water partition coefficient (Wildman–Crippen LogP) is 1.36.